The molecule has 3 N–H and O–H groups in total. The fourth-order valence-electron chi connectivity index (χ4n) is 7.23. The zero-order chi connectivity index (χ0) is 32.3. The second-order valence-electron chi connectivity index (χ2n) is 13.4. The molecule has 5 aromatic rings. The number of phenolic OH excluding ortho intramolecular Hbond substituents is 1. The Morgan fingerprint density at radius 1 is 1.04 bits per heavy atom. The van der Waals surface area contributed by atoms with Crippen LogP contribution in [0.3, 0.4) is 0 Å². The van der Waals surface area contributed by atoms with Gasteiger partial charge < -0.3 is 24.8 Å². The quantitative estimate of drug-likeness (QED) is 0.256. The van der Waals surface area contributed by atoms with Crippen LogP contribution in [0.5, 0.6) is 5.75 Å². The monoisotopic (exact) mass is 635 g/mol. The highest BCUT2D eigenvalue weighted by Gasteiger charge is 2.46. The Morgan fingerprint density at radius 3 is 2.68 bits per heavy atom. The minimum atomic E-state index is -0.645. The Balaban J connectivity index is 0.956. The van der Waals surface area contributed by atoms with Gasteiger partial charge in [0.15, 0.2) is 17.4 Å². The maximum Gasteiger partial charge on any atom is 0.274 e. The van der Waals surface area contributed by atoms with E-state index in [0.29, 0.717) is 55.0 Å². The zero-order valence-corrected chi connectivity index (χ0v) is 26.7. The van der Waals surface area contributed by atoms with Gasteiger partial charge >= 0.3 is 0 Å². The van der Waals surface area contributed by atoms with Gasteiger partial charge in [-0.15, -0.1) is 0 Å². The van der Waals surface area contributed by atoms with Crippen LogP contribution in [0, 0.1) is 11.2 Å². The van der Waals surface area contributed by atoms with Crippen molar-refractivity contribution in [2.75, 3.05) is 51.2 Å². The Hall–Kier alpha value is -4.84. The minimum Gasteiger partial charge on any atom is -0.505 e. The Kier molecular flexibility index (Phi) is 7.20. The first kappa shape index (κ1) is 29.6. The third kappa shape index (κ3) is 5.50. The molecular weight excluding hydrogens is 597 g/mol. The van der Waals surface area contributed by atoms with Crippen LogP contribution in [0.25, 0.3) is 33.5 Å². The first-order chi connectivity index (χ1) is 22.8. The number of hydrogen-bond donors (Lipinski definition) is 3. The number of nitrogens with one attached hydrogen (secondary N) is 2. The van der Waals surface area contributed by atoms with E-state index in [2.05, 4.69) is 42.0 Å². The van der Waals surface area contributed by atoms with Crippen LogP contribution in [0.15, 0.2) is 42.7 Å². The van der Waals surface area contributed by atoms with Gasteiger partial charge in [0.2, 0.25) is 0 Å². The number of rotatable bonds is 5. The maximum atomic E-state index is 14.2. The number of carbonyl (C=O) groups excluding carboxylic acids is 1. The SMILES string of the molecule is CCc1cc(O)c(F)cc1-c1ccc2c(-c3nc4c([nH]3)CCN(C(=O)c3cnc(N5CCN(C)CC6(CC6)C5)cn3)CC4)n[nH]c2c1. The van der Waals surface area contributed by atoms with Gasteiger partial charge in [-0.1, -0.05) is 13.0 Å². The number of aryl methyl sites for hydroxylation is 1. The molecule has 1 saturated heterocycles. The summed E-state index contributed by atoms with van der Waals surface area (Å²) in [5, 5.41) is 18.4. The molecule has 8 rings (SSSR count). The molecule has 1 spiro atoms. The summed E-state index contributed by atoms with van der Waals surface area (Å²) in [5.74, 6) is 0.415. The highest BCUT2D eigenvalue weighted by molar-refractivity contribution is 5.94. The lowest BCUT2D eigenvalue weighted by atomic mass is 9.96. The molecule has 0 atom stereocenters. The lowest BCUT2D eigenvalue weighted by molar-refractivity contribution is 0.0756. The minimum absolute atomic E-state index is 0.113. The molecule has 12 heteroatoms. The van der Waals surface area contributed by atoms with Gasteiger partial charge in [-0.2, -0.15) is 5.10 Å². The number of H-pyrrole nitrogens is 2. The average molecular weight is 636 g/mol. The van der Waals surface area contributed by atoms with Gasteiger partial charge in [0.25, 0.3) is 5.91 Å². The number of phenols is 1. The number of imidazole rings is 1. The van der Waals surface area contributed by atoms with Crippen LogP contribution in [-0.2, 0) is 19.3 Å². The number of nitrogens with zero attached hydrogens (tertiary/aromatic N) is 7. The Labute approximate surface area is 271 Å². The zero-order valence-electron chi connectivity index (χ0n) is 26.7. The second-order valence-corrected chi connectivity index (χ2v) is 13.4. The van der Waals surface area contributed by atoms with Crippen LogP contribution in [0.4, 0.5) is 10.2 Å². The number of aromatic hydroxyl groups is 1. The van der Waals surface area contributed by atoms with Crippen molar-refractivity contribution >= 4 is 22.6 Å². The van der Waals surface area contributed by atoms with E-state index < -0.39 is 5.82 Å². The van der Waals surface area contributed by atoms with Crippen molar-refractivity contribution in [1.29, 1.82) is 0 Å². The summed E-state index contributed by atoms with van der Waals surface area (Å²) >= 11 is 0. The molecule has 0 radical (unpaired) electrons. The molecule has 11 nitrogen and oxygen atoms in total. The predicted octanol–water partition coefficient (Wildman–Crippen LogP) is 4.59. The predicted molar refractivity (Wildman–Crippen MR) is 177 cm³/mol. The second kappa shape index (κ2) is 11.4. The highest BCUT2D eigenvalue weighted by atomic mass is 19.1. The molecule has 242 valence electrons. The first-order valence-electron chi connectivity index (χ1n) is 16.4. The van der Waals surface area contributed by atoms with Crippen molar-refractivity contribution in [1.82, 2.24) is 39.9 Å². The molecule has 1 saturated carbocycles. The van der Waals surface area contributed by atoms with E-state index >= 15 is 0 Å². The van der Waals surface area contributed by atoms with Crippen molar-refractivity contribution < 1.29 is 14.3 Å². The van der Waals surface area contributed by atoms with Crippen molar-refractivity contribution in [2.45, 2.75) is 39.0 Å². The van der Waals surface area contributed by atoms with Crippen molar-refractivity contribution in [2.24, 2.45) is 5.41 Å². The van der Waals surface area contributed by atoms with Crippen LogP contribution in [0.1, 0.15) is 47.2 Å². The number of hydrogen-bond acceptors (Lipinski definition) is 8. The molecule has 1 aliphatic carbocycles. The van der Waals surface area contributed by atoms with Crippen LogP contribution in [0.2, 0.25) is 0 Å². The normalized spacial score (nSPS) is 17.9. The van der Waals surface area contributed by atoms with E-state index in [9.17, 15) is 14.3 Å². The summed E-state index contributed by atoms with van der Waals surface area (Å²) in [4.78, 5) is 37.6. The van der Waals surface area contributed by atoms with E-state index in [-0.39, 0.29) is 11.7 Å². The lowest BCUT2D eigenvalue weighted by Gasteiger charge is -2.25. The van der Waals surface area contributed by atoms with Crippen molar-refractivity contribution in [3.63, 3.8) is 0 Å². The molecule has 3 aliphatic rings. The summed E-state index contributed by atoms with van der Waals surface area (Å²) < 4.78 is 14.2. The van der Waals surface area contributed by atoms with Crippen molar-refractivity contribution in [3.8, 4) is 28.4 Å². The summed E-state index contributed by atoms with van der Waals surface area (Å²) in [6.07, 6.45) is 7.82. The fourth-order valence-corrected chi connectivity index (χ4v) is 7.23. The number of carbonyl (C=O) groups is 1. The summed E-state index contributed by atoms with van der Waals surface area (Å²) in [5.41, 5.74) is 6.62. The highest BCUT2D eigenvalue weighted by Crippen LogP contribution is 2.48. The van der Waals surface area contributed by atoms with E-state index in [1.54, 1.807) is 12.4 Å². The number of likely N-dealkylation sites (N-methyl/N-ethyl adjacent to an activating group) is 1. The molecule has 0 bridgehead atoms. The molecule has 2 aromatic carbocycles. The van der Waals surface area contributed by atoms with E-state index in [1.165, 1.54) is 25.0 Å². The number of fused-ring (bicyclic) bond motifs is 2. The van der Waals surface area contributed by atoms with Crippen LogP contribution in [-0.4, -0.2) is 97.3 Å². The molecule has 0 unspecified atom stereocenters. The largest absolute Gasteiger partial charge is 0.505 e. The van der Waals surface area contributed by atoms with Crippen molar-refractivity contribution in [3.05, 3.63) is 71.2 Å². The number of halogens is 1. The number of anilines is 1. The van der Waals surface area contributed by atoms with E-state index in [1.807, 2.05) is 30.0 Å². The first-order valence-corrected chi connectivity index (χ1v) is 16.4. The molecule has 2 fully saturated rings. The molecule has 3 aromatic heterocycles. The number of aromatic amines is 2. The molecule has 5 heterocycles. The lowest BCUT2D eigenvalue weighted by Crippen LogP contribution is -2.34. The summed E-state index contributed by atoms with van der Waals surface area (Å²) in [6.45, 7) is 7.09. The van der Waals surface area contributed by atoms with Crippen LogP contribution < -0.4 is 4.90 Å². The smallest absolute Gasteiger partial charge is 0.274 e. The third-order valence-corrected chi connectivity index (χ3v) is 10.1. The van der Waals surface area contributed by atoms with Gasteiger partial charge in [-0.25, -0.2) is 19.3 Å². The van der Waals surface area contributed by atoms with Gasteiger partial charge in [0, 0.05) is 68.6 Å². The van der Waals surface area contributed by atoms with E-state index in [4.69, 9.17) is 4.98 Å². The third-order valence-electron chi connectivity index (χ3n) is 10.1. The number of aromatic nitrogens is 6. The molecular formula is C35H38FN9O2. The summed E-state index contributed by atoms with van der Waals surface area (Å²) in [6, 6.07) is 8.71. The average Bonchev–Trinajstić information content (AvgIpc) is 3.64. The fraction of sp³-hybridized carbons (Fsp3) is 0.400. The van der Waals surface area contributed by atoms with Gasteiger partial charge in [0.05, 0.1) is 23.6 Å². The number of benzene rings is 2. The maximum absolute atomic E-state index is 14.2. The number of amides is 1. The standard InChI is InChI=1S/C35H38FN9O2/c1-3-21-15-30(46)25(36)16-24(21)22-4-5-23-28(14-22)41-42-32(23)33-39-26-6-10-44(11-7-27(26)40-33)34(47)29-17-38-31(18-37-29)45-13-12-43(2)19-35(20-45)8-9-35/h4-5,14-18,46H,3,6-13,19-20H2,1-2H3,(H,39,40)(H,41,42). The van der Waals surface area contributed by atoms with Gasteiger partial charge in [-0.05, 0) is 67.3 Å². The molecule has 1 amide bonds. The van der Waals surface area contributed by atoms with E-state index in [0.717, 1.165) is 71.0 Å². The molecule has 47 heavy (non-hydrogen) atoms. The Bertz CT molecular complexity index is 1960. The molecule has 2 aliphatic heterocycles. The Morgan fingerprint density at radius 2 is 1.89 bits per heavy atom. The van der Waals surface area contributed by atoms with Crippen LogP contribution >= 0.6 is 0 Å². The van der Waals surface area contributed by atoms with Gasteiger partial charge in [-0.3, -0.25) is 9.89 Å². The summed E-state index contributed by atoms with van der Waals surface area (Å²) in [7, 11) is 2.19. The van der Waals surface area contributed by atoms with Gasteiger partial charge in [0.1, 0.15) is 17.2 Å². The topological polar surface area (TPSA) is 130 Å².